The Bertz CT molecular complexity index is 1340. The Morgan fingerprint density at radius 1 is 0.903 bits per heavy atom. The predicted octanol–water partition coefficient (Wildman–Crippen LogP) is 3.83. The molecule has 0 bridgehead atoms. The first-order chi connectivity index (χ1) is 15.0. The number of benzene rings is 3. The van der Waals surface area contributed by atoms with Crippen molar-refractivity contribution in [2.24, 2.45) is 0 Å². The number of nitrogens with zero attached hydrogens (tertiary/aromatic N) is 2. The third kappa shape index (κ3) is 4.31. The van der Waals surface area contributed by atoms with Crippen molar-refractivity contribution in [3.05, 3.63) is 99.9 Å². The number of amides is 1. The van der Waals surface area contributed by atoms with Crippen LogP contribution in [0.2, 0.25) is 5.02 Å². The molecular weight excluding hydrogens is 418 g/mol. The first kappa shape index (κ1) is 20.3. The minimum atomic E-state index is -0.824. The standard InChI is InChI=1S/C23H16ClN3O4/c24-18-12-6-7-13-19(18)25-20(28)14-31-23(30)21-16-10-4-5-11-17(16)22(29)27(26-21)15-8-2-1-3-9-15/h1-13H,14H2,(H,25,28). The van der Waals surface area contributed by atoms with E-state index in [-0.39, 0.29) is 11.3 Å². The molecule has 3 aromatic carbocycles. The highest BCUT2D eigenvalue weighted by molar-refractivity contribution is 6.33. The number of carbonyl (C=O) groups excluding carboxylic acids is 2. The van der Waals surface area contributed by atoms with E-state index in [1.807, 2.05) is 6.07 Å². The molecule has 31 heavy (non-hydrogen) atoms. The van der Waals surface area contributed by atoms with Gasteiger partial charge in [-0.05, 0) is 30.3 Å². The van der Waals surface area contributed by atoms with Crippen LogP contribution in [0.3, 0.4) is 0 Å². The van der Waals surface area contributed by atoms with Crippen molar-refractivity contribution in [2.45, 2.75) is 0 Å². The predicted molar refractivity (Wildman–Crippen MR) is 118 cm³/mol. The third-order valence-electron chi connectivity index (χ3n) is 4.48. The SMILES string of the molecule is O=C(COC(=O)c1nn(-c2ccccc2)c(=O)c2ccccc12)Nc1ccccc1Cl. The molecule has 7 nitrogen and oxygen atoms in total. The van der Waals surface area contributed by atoms with Crippen molar-refractivity contribution in [3.63, 3.8) is 0 Å². The van der Waals surface area contributed by atoms with E-state index in [0.717, 1.165) is 4.68 Å². The van der Waals surface area contributed by atoms with E-state index < -0.39 is 18.5 Å². The molecule has 4 rings (SSSR count). The van der Waals surface area contributed by atoms with Gasteiger partial charge in [-0.25, -0.2) is 4.79 Å². The molecule has 1 aromatic heterocycles. The van der Waals surface area contributed by atoms with Gasteiger partial charge < -0.3 is 10.1 Å². The van der Waals surface area contributed by atoms with Crippen LogP contribution in [-0.4, -0.2) is 28.3 Å². The first-order valence-electron chi connectivity index (χ1n) is 9.33. The maximum atomic E-state index is 12.9. The maximum Gasteiger partial charge on any atom is 0.359 e. The molecule has 1 heterocycles. The summed E-state index contributed by atoms with van der Waals surface area (Å²) in [6.45, 7) is -0.537. The molecule has 1 N–H and O–H groups in total. The van der Waals surface area contributed by atoms with Crippen LogP contribution in [0.4, 0.5) is 5.69 Å². The number of anilines is 1. The van der Waals surface area contributed by atoms with Crippen LogP contribution < -0.4 is 10.9 Å². The summed E-state index contributed by atoms with van der Waals surface area (Å²) in [6, 6.07) is 22.1. The molecule has 154 valence electrons. The Balaban J connectivity index is 1.62. The monoisotopic (exact) mass is 433 g/mol. The summed E-state index contributed by atoms with van der Waals surface area (Å²) in [5.41, 5.74) is 0.481. The zero-order valence-electron chi connectivity index (χ0n) is 16.1. The lowest BCUT2D eigenvalue weighted by molar-refractivity contribution is -0.119. The van der Waals surface area contributed by atoms with Crippen LogP contribution in [0, 0.1) is 0 Å². The van der Waals surface area contributed by atoms with Crippen LogP contribution in [0.15, 0.2) is 83.7 Å². The van der Waals surface area contributed by atoms with Gasteiger partial charge in [0, 0.05) is 5.39 Å². The van der Waals surface area contributed by atoms with Gasteiger partial charge in [0.05, 0.1) is 21.8 Å². The molecule has 0 unspecified atom stereocenters. The fourth-order valence-electron chi connectivity index (χ4n) is 3.03. The number of esters is 1. The Morgan fingerprint density at radius 3 is 2.29 bits per heavy atom. The number of fused-ring (bicyclic) bond motifs is 1. The van der Waals surface area contributed by atoms with Gasteiger partial charge in [-0.2, -0.15) is 9.78 Å². The highest BCUT2D eigenvalue weighted by atomic mass is 35.5. The molecule has 0 radical (unpaired) electrons. The molecule has 1 amide bonds. The van der Waals surface area contributed by atoms with Gasteiger partial charge in [-0.15, -0.1) is 0 Å². The lowest BCUT2D eigenvalue weighted by atomic mass is 10.1. The number of ether oxygens (including phenoxy) is 1. The molecule has 0 saturated carbocycles. The molecule has 4 aromatic rings. The maximum absolute atomic E-state index is 12.9. The van der Waals surface area contributed by atoms with Gasteiger partial charge in [0.25, 0.3) is 11.5 Å². The van der Waals surface area contributed by atoms with Gasteiger partial charge in [0.1, 0.15) is 0 Å². The van der Waals surface area contributed by atoms with Crippen molar-refractivity contribution in [3.8, 4) is 5.69 Å². The summed E-state index contributed by atoms with van der Waals surface area (Å²) in [5, 5.41) is 7.82. The second-order valence-corrected chi connectivity index (χ2v) is 6.96. The van der Waals surface area contributed by atoms with Crippen LogP contribution in [0.5, 0.6) is 0 Å². The Morgan fingerprint density at radius 2 is 1.55 bits per heavy atom. The van der Waals surface area contributed by atoms with E-state index in [4.69, 9.17) is 16.3 Å². The van der Waals surface area contributed by atoms with E-state index >= 15 is 0 Å². The quantitative estimate of drug-likeness (QED) is 0.483. The van der Waals surface area contributed by atoms with Crippen molar-refractivity contribution in [2.75, 3.05) is 11.9 Å². The van der Waals surface area contributed by atoms with Gasteiger partial charge in [0.15, 0.2) is 12.3 Å². The smallest absolute Gasteiger partial charge is 0.359 e. The molecule has 0 atom stereocenters. The van der Waals surface area contributed by atoms with E-state index in [1.54, 1.807) is 72.8 Å². The highest BCUT2D eigenvalue weighted by Gasteiger charge is 2.19. The van der Waals surface area contributed by atoms with Crippen LogP contribution in [0.25, 0.3) is 16.5 Å². The number of nitrogens with one attached hydrogen (secondary N) is 1. The fourth-order valence-corrected chi connectivity index (χ4v) is 3.22. The summed E-state index contributed by atoms with van der Waals surface area (Å²) >= 11 is 6.02. The number of carbonyl (C=O) groups is 2. The lowest BCUT2D eigenvalue weighted by Gasteiger charge is -2.11. The molecular formula is C23H16ClN3O4. The summed E-state index contributed by atoms with van der Waals surface area (Å²) in [4.78, 5) is 37.8. The normalized spacial score (nSPS) is 10.6. The zero-order chi connectivity index (χ0) is 21.8. The highest BCUT2D eigenvalue weighted by Crippen LogP contribution is 2.20. The molecule has 8 heteroatoms. The Labute approximate surface area is 181 Å². The number of para-hydroxylation sites is 2. The van der Waals surface area contributed by atoms with E-state index in [0.29, 0.717) is 27.2 Å². The number of aromatic nitrogens is 2. The second kappa shape index (κ2) is 8.81. The van der Waals surface area contributed by atoms with Gasteiger partial charge >= 0.3 is 5.97 Å². The largest absolute Gasteiger partial charge is 0.451 e. The average Bonchev–Trinajstić information content (AvgIpc) is 2.80. The van der Waals surface area contributed by atoms with Crippen molar-refractivity contribution in [1.29, 1.82) is 0 Å². The molecule has 0 fully saturated rings. The summed E-state index contributed by atoms with van der Waals surface area (Å²) in [5.74, 6) is -1.38. The minimum absolute atomic E-state index is 0.0652. The number of hydrogen-bond donors (Lipinski definition) is 1. The summed E-state index contributed by atoms with van der Waals surface area (Å²) in [6.07, 6.45) is 0. The van der Waals surface area contributed by atoms with E-state index in [2.05, 4.69) is 10.4 Å². The molecule has 0 aliphatic carbocycles. The van der Waals surface area contributed by atoms with Crippen molar-refractivity contribution < 1.29 is 14.3 Å². The molecule has 0 spiro atoms. The molecule has 0 aliphatic heterocycles. The topological polar surface area (TPSA) is 90.3 Å². The lowest BCUT2D eigenvalue weighted by Crippen LogP contribution is -2.26. The fraction of sp³-hybridized carbons (Fsp3) is 0.0435. The van der Waals surface area contributed by atoms with Gasteiger partial charge in [-0.3, -0.25) is 9.59 Å². The Kier molecular flexibility index (Phi) is 5.77. The Hall–Kier alpha value is -3.97. The zero-order valence-corrected chi connectivity index (χ0v) is 16.9. The van der Waals surface area contributed by atoms with Crippen molar-refractivity contribution >= 4 is 39.9 Å². The average molecular weight is 434 g/mol. The van der Waals surface area contributed by atoms with Gasteiger partial charge in [-0.1, -0.05) is 60.1 Å². The van der Waals surface area contributed by atoms with Crippen molar-refractivity contribution in [1.82, 2.24) is 9.78 Å². The first-order valence-corrected chi connectivity index (χ1v) is 9.71. The number of hydrogen-bond acceptors (Lipinski definition) is 5. The van der Waals surface area contributed by atoms with Crippen LogP contribution in [-0.2, 0) is 9.53 Å². The van der Waals surface area contributed by atoms with E-state index in [1.165, 1.54) is 0 Å². The summed E-state index contributed by atoms with van der Waals surface area (Å²) < 4.78 is 6.31. The number of halogens is 1. The van der Waals surface area contributed by atoms with Crippen LogP contribution in [0.1, 0.15) is 10.5 Å². The molecule has 0 saturated heterocycles. The van der Waals surface area contributed by atoms with Crippen LogP contribution >= 0.6 is 11.6 Å². The van der Waals surface area contributed by atoms with E-state index in [9.17, 15) is 14.4 Å². The van der Waals surface area contributed by atoms with Gasteiger partial charge in [0.2, 0.25) is 0 Å². The molecule has 0 aliphatic rings. The number of rotatable bonds is 5. The third-order valence-corrected chi connectivity index (χ3v) is 4.81. The minimum Gasteiger partial charge on any atom is -0.451 e. The summed E-state index contributed by atoms with van der Waals surface area (Å²) in [7, 11) is 0. The second-order valence-electron chi connectivity index (χ2n) is 6.55.